The lowest BCUT2D eigenvalue weighted by Crippen LogP contribution is -2.03. The van der Waals surface area contributed by atoms with Crippen LogP contribution in [0.15, 0.2) is 64.3 Å². The molecule has 0 aliphatic rings. The van der Waals surface area contributed by atoms with E-state index in [1.807, 2.05) is 18.2 Å². The lowest BCUT2D eigenvalue weighted by molar-refractivity contribution is 0.457. The smallest absolute Gasteiger partial charge is 0.199 e. The number of aromatic amines is 1. The summed E-state index contributed by atoms with van der Waals surface area (Å²) in [6.07, 6.45) is 3.36. The number of aromatic nitrogens is 3. The molecule has 2 N–H and O–H groups in total. The molecule has 0 fully saturated rings. The molecule has 0 saturated heterocycles. The molecule has 2 aromatic carbocycles. The van der Waals surface area contributed by atoms with Crippen LogP contribution in [-0.4, -0.2) is 25.6 Å². The monoisotopic (exact) mass is 412 g/mol. The van der Waals surface area contributed by atoms with Crippen molar-refractivity contribution >= 4 is 38.2 Å². The minimum Gasteiger partial charge on any atom is -0.494 e. The zero-order valence-corrected chi connectivity index (χ0v) is 15.3. The van der Waals surface area contributed by atoms with Crippen LogP contribution in [0.1, 0.15) is 11.1 Å². The lowest BCUT2D eigenvalue weighted by atomic mass is 10.0. The Bertz CT molecular complexity index is 1150. The van der Waals surface area contributed by atoms with Crippen molar-refractivity contribution in [1.82, 2.24) is 14.8 Å². The van der Waals surface area contributed by atoms with Crippen molar-refractivity contribution in [2.75, 3.05) is 0 Å². The molecule has 0 spiro atoms. The number of nitrogens with one attached hydrogen (secondary N) is 1. The highest BCUT2D eigenvalue weighted by Gasteiger charge is 2.19. The van der Waals surface area contributed by atoms with Crippen molar-refractivity contribution in [3.8, 4) is 5.88 Å². The van der Waals surface area contributed by atoms with Crippen LogP contribution in [0.4, 0.5) is 10.1 Å². The van der Waals surface area contributed by atoms with Crippen molar-refractivity contribution in [3.05, 3.63) is 76.3 Å². The number of aryl methyl sites for hydroxylation is 1. The van der Waals surface area contributed by atoms with Gasteiger partial charge < -0.3 is 10.1 Å². The molecule has 0 atom stereocenters. The predicted octanol–water partition coefficient (Wildman–Crippen LogP) is 4.68. The van der Waals surface area contributed by atoms with Crippen molar-refractivity contribution < 1.29 is 9.50 Å². The Balaban J connectivity index is 2.01. The van der Waals surface area contributed by atoms with Gasteiger partial charge in [0.15, 0.2) is 5.88 Å². The number of aliphatic imine (C=N–C) groups is 1. The molecule has 130 valence electrons. The first kappa shape index (κ1) is 16.5. The van der Waals surface area contributed by atoms with Gasteiger partial charge in [0.05, 0.1) is 23.7 Å². The highest BCUT2D eigenvalue weighted by Crippen LogP contribution is 2.33. The molecule has 2 aromatic heterocycles. The fourth-order valence-corrected chi connectivity index (χ4v) is 3.25. The topological polar surface area (TPSA) is 66.2 Å². The van der Waals surface area contributed by atoms with Gasteiger partial charge in [-0.3, -0.25) is 4.68 Å². The molecule has 5 nitrogen and oxygen atoms in total. The van der Waals surface area contributed by atoms with Crippen molar-refractivity contribution in [3.63, 3.8) is 0 Å². The number of hydrogen-bond donors (Lipinski definition) is 2. The number of H-pyrrole nitrogens is 1. The van der Waals surface area contributed by atoms with E-state index in [9.17, 15) is 9.50 Å². The number of benzene rings is 2. The fourth-order valence-electron chi connectivity index (χ4n) is 2.89. The largest absolute Gasteiger partial charge is 0.494 e. The Morgan fingerprint density at radius 1 is 1.27 bits per heavy atom. The van der Waals surface area contributed by atoms with Crippen molar-refractivity contribution in [2.24, 2.45) is 12.0 Å². The van der Waals surface area contributed by atoms with Gasteiger partial charge in [-0.2, -0.15) is 5.10 Å². The van der Waals surface area contributed by atoms with E-state index in [1.54, 1.807) is 36.3 Å². The average molecular weight is 413 g/mol. The Hall–Kier alpha value is -2.93. The van der Waals surface area contributed by atoms with Gasteiger partial charge in [0, 0.05) is 28.0 Å². The van der Waals surface area contributed by atoms with Crippen LogP contribution in [0, 0.1) is 5.82 Å². The summed E-state index contributed by atoms with van der Waals surface area (Å²) in [6.45, 7) is 0. The summed E-state index contributed by atoms with van der Waals surface area (Å²) in [5, 5.41) is 15.4. The van der Waals surface area contributed by atoms with Gasteiger partial charge in [-0.1, -0.05) is 28.1 Å². The molecule has 0 amide bonds. The Morgan fingerprint density at radius 3 is 2.85 bits per heavy atom. The van der Waals surface area contributed by atoms with Crippen LogP contribution in [0.2, 0.25) is 0 Å². The number of hydrogen-bond acceptors (Lipinski definition) is 3. The molecular weight excluding hydrogens is 399 g/mol. The molecule has 2 heterocycles. The van der Waals surface area contributed by atoms with E-state index < -0.39 is 0 Å². The van der Waals surface area contributed by atoms with E-state index in [-0.39, 0.29) is 11.7 Å². The van der Waals surface area contributed by atoms with Crippen LogP contribution in [0.25, 0.3) is 10.9 Å². The molecule has 4 rings (SSSR count). The van der Waals surface area contributed by atoms with Crippen molar-refractivity contribution in [1.29, 1.82) is 0 Å². The number of fused-ring (bicyclic) bond motifs is 1. The third-order valence-electron chi connectivity index (χ3n) is 4.01. The molecule has 7 heteroatoms. The summed E-state index contributed by atoms with van der Waals surface area (Å²) in [5.41, 5.74) is 2.90. The molecule has 4 aromatic rings. The third-order valence-corrected chi connectivity index (χ3v) is 4.50. The first-order valence-electron chi connectivity index (χ1n) is 7.85. The van der Waals surface area contributed by atoms with Gasteiger partial charge in [-0.15, -0.1) is 0 Å². The average Bonchev–Trinajstić information content (AvgIpc) is 3.15. The SMILES string of the molecule is Cn1cc(N=C(c2cccc(F)c2)c2c(O)[nH]c3ccc(Br)cc23)cn1. The van der Waals surface area contributed by atoms with E-state index in [0.29, 0.717) is 22.5 Å². The second-order valence-corrected chi connectivity index (χ2v) is 6.80. The maximum Gasteiger partial charge on any atom is 0.199 e. The van der Waals surface area contributed by atoms with Gasteiger partial charge in [0.25, 0.3) is 0 Å². The number of nitrogens with zero attached hydrogens (tertiary/aromatic N) is 3. The summed E-state index contributed by atoms with van der Waals surface area (Å²) < 4.78 is 16.3. The van der Waals surface area contributed by atoms with E-state index in [0.717, 1.165) is 15.4 Å². The minimum absolute atomic E-state index is 0.0231. The van der Waals surface area contributed by atoms with Crippen LogP contribution < -0.4 is 0 Å². The van der Waals surface area contributed by atoms with E-state index >= 15 is 0 Å². The Morgan fingerprint density at radius 2 is 2.12 bits per heavy atom. The number of rotatable bonds is 3. The number of halogens is 2. The molecule has 0 unspecified atom stereocenters. The molecular formula is C19H14BrFN4O. The zero-order valence-electron chi connectivity index (χ0n) is 13.7. The lowest BCUT2D eigenvalue weighted by Gasteiger charge is -2.07. The van der Waals surface area contributed by atoms with Crippen molar-refractivity contribution in [2.45, 2.75) is 0 Å². The van der Waals surface area contributed by atoms with E-state index in [2.05, 4.69) is 31.0 Å². The third kappa shape index (κ3) is 3.01. The summed E-state index contributed by atoms with van der Waals surface area (Å²) >= 11 is 3.45. The molecule has 0 radical (unpaired) electrons. The van der Waals surface area contributed by atoms with Gasteiger partial charge in [0.1, 0.15) is 11.5 Å². The molecule has 0 saturated carbocycles. The standard InChI is InChI=1S/C19H14BrFN4O/c1-25-10-14(9-22-25)23-18(11-3-2-4-13(21)7-11)17-15-8-12(20)5-6-16(15)24-19(17)26/h2-10,24,26H,1H3. The summed E-state index contributed by atoms with van der Waals surface area (Å²) in [7, 11) is 1.79. The van der Waals surface area contributed by atoms with Gasteiger partial charge in [-0.25, -0.2) is 9.38 Å². The van der Waals surface area contributed by atoms with E-state index in [1.165, 1.54) is 12.1 Å². The summed E-state index contributed by atoms with van der Waals surface area (Å²) in [5.74, 6) is -0.396. The van der Waals surface area contributed by atoms with Crippen LogP contribution in [-0.2, 0) is 7.05 Å². The first-order chi connectivity index (χ1) is 12.5. The molecule has 0 bridgehead atoms. The van der Waals surface area contributed by atoms with Gasteiger partial charge in [0.2, 0.25) is 0 Å². The zero-order chi connectivity index (χ0) is 18.3. The molecule has 0 aliphatic carbocycles. The van der Waals surface area contributed by atoms with Crippen LogP contribution in [0.3, 0.4) is 0 Å². The highest BCUT2D eigenvalue weighted by atomic mass is 79.9. The second-order valence-electron chi connectivity index (χ2n) is 5.88. The predicted molar refractivity (Wildman–Crippen MR) is 103 cm³/mol. The maximum absolute atomic E-state index is 13.8. The van der Waals surface area contributed by atoms with Crippen LogP contribution >= 0.6 is 15.9 Å². The molecule has 26 heavy (non-hydrogen) atoms. The quantitative estimate of drug-likeness (QED) is 0.479. The second kappa shape index (κ2) is 6.42. The van der Waals surface area contributed by atoms with Gasteiger partial charge in [-0.05, 0) is 30.3 Å². The van der Waals surface area contributed by atoms with E-state index in [4.69, 9.17) is 0 Å². The molecule has 0 aliphatic heterocycles. The normalized spacial score (nSPS) is 12.0. The fraction of sp³-hybridized carbons (Fsp3) is 0.0526. The summed E-state index contributed by atoms with van der Waals surface area (Å²) in [6, 6.07) is 11.8. The highest BCUT2D eigenvalue weighted by molar-refractivity contribution is 9.10. The van der Waals surface area contributed by atoms with Gasteiger partial charge >= 0.3 is 0 Å². The Labute approximate surface area is 156 Å². The summed E-state index contributed by atoms with van der Waals surface area (Å²) in [4.78, 5) is 7.59. The van der Waals surface area contributed by atoms with Crippen LogP contribution in [0.5, 0.6) is 5.88 Å². The Kier molecular flexibility index (Phi) is 4.08. The maximum atomic E-state index is 13.8. The number of aromatic hydroxyl groups is 1. The first-order valence-corrected chi connectivity index (χ1v) is 8.64. The minimum atomic E-state index is -0.373.